The number of urea groups is 1. The second kappa shape index (κ2) is 12.1. The van der Waals surface area contributed by atoms with Crippen LogP contribution in [-0.4, -0.2) is 78.0 Å². The minimum absolute atomic E-state index is 0.233. The second-order valence-corrected chi connectivity index (χ2v) is 11.5. The van der Waals surface area contributed by atoms with Crippen molar-refractivity contribution in [3.8, 4) is 0 Å². The number of aromatic amines is 1. The van der Waals surface area contributed by atoms with E-state index in [1.165, 1.54) is 22.6 Å². The summed E-state index contributed by atoms with van der Waals surface area (Å²) in [7, 11) is 3.96. The van der Waals surface area contributed by atoms with Crippen molar-refractivity contribution in [1.29, 1.82) is 0 Å². The van der Waals surface area contributed by atoms with E-state index in [1.807, 2.05) is 73.9 Å². The number of hydrogen-bond donors (Lipinski definition) is 3. The summed E-state index contributed by atoms with van der Waals surface area (Å²) >= 11 is 1.39. The predicted octanol–water partition coefficient (Wildman–Crippen LogP) is 4.64. The minimum atomic E-state index is -0.790. The van der Waals surface area contributed by atoms with Crippen molar-refractivity contribution in [1.82, 2.24) is 25.1 Å². The molecule has 40 heavy (non-hydrogen) atoms. The molecule has 1 saturated heterocycles. The van der Waals surface area contributed by atoms with Gasteiger partial charge in [0.2, 0.25) is 5.91 Å². The maximum atomic E-state index is 13.7. The van der Waals surface area contributed by atoms with Crippen LogP contribution in [0.15, 0.2) is 60.1 Å². The highest BCUT2D eigenvalue weighted by Crippen LogP contribution is 2.29. The van der Waals surface area contributed by atoms with Crippen molar-refractivity contribution >= 4 is 45.0 Å². The van der Waals surface area contributed by atoms with E-state index in [1.54, 1.807) is 4.90 Å². The molecule has 9 nitrogen and oxygen atoms in total. The number of nitrogens with one attached hydrogen (secondary N) is 3. The Balaban J connectivity index is 1.32. The van der Waals surface area contributed by atoms with E-state index in [-0.39, 0.29) is 17.9 Å². The van der Waals surface area contributed by atoms with Gasteiger partial charge in [-0.05, 0) is 44.3 Å². The van der Waals surface area contributed by atoms with Gasteiger partial charge in [0.05, 0.1) is 5.69 Å². The summed E-state index contributed by atoms with van der Waals surface area (Å²) < 4.78 is 0. The molecule has 2 aromatic heterocycles. The second-order valence-electron chi connectivity index (χ2n) is 10.6. The molecule has 210 valence electrons. The first-order valence-electron chi connectivity index (χ1n) is 13.6. The third kappa shape index (κ3) is 6.13. The molecular formula is C30H37N7O2S. The number of rotatable bonds is 8. The first kappa shape index (κ1) is 27.7. The summed E-state index contributed by atoms with van der Waals surface area (Å²) in [4.78, 5) is 41.2. The Kier molecular flexibility index (Phi) is 8.37. The first-order chi connectivity index (χ1) is 19.3. The van der Waals surface area contributed by atoms with Crippen LogP contribution in [-0.2, 0) is 11.3 Å². The number of nitrogens with zero attached hydrogens (tertiary/aromatic N) is 4. The summed E-state index contributed by atoms with van der Waals surface area (Å²) in [5, 5.41) is 9.55. The van der Waals surface area contributed by atoms with Crippen molar-refractivity contribution < 1.29 is 9.59 Å². The molecule has 4 aromatic rings. The average Bonchev–Trinajstić information content (AvgIpc) is 3.58. The molecule has 0 unspecified atom stereocenters. The van der Waals surface area contributed by atoms with E-state index in [0.29, 0.717) is 24.8 Å². The Morgan fingerprint density at radius 2 is 1.80 bits per heavy atom. The number of para-hydroxylation sites is 2. The van der Waals surface area contributed by atoms with Crippen LogP contribution in [0.3, 0.4) is 0 Å². The molecule has 2 atom stereocenters. The van der Waals surface area contributed by atoms with Crippen LogP contribution >= 0.6 is 11.3 Å². The molecule has 0 bridgehead atoms. The Bertz CT molecular complexity index is 1470. The summed E-state index contributed by atoms with van der Waals surface area (Å²) in [6.07, 6.45) is 1.93. The molecule has 0 aliphatic carbocycles. The third-order valence-corrected chi connectivity index (χ3v) is 8.26. The van der Waals surface area contributed by atoms with Crippen LogP contribution in [0.25, 0.3) is 10.9 Å². The lowest BCUT2D eigenvalue weighted by atomic mass is 9.92. The number of amides is 3. The fourth-order valence-electron chi connectivity index (χ4n) is 5.30. The maximum Gasteiger partial charge on any atom is 0.318 e. The van der Waals surface area contributed by atoms with Gasteiger partial charge in [0.1, 0.15) is 6.04 Å². The van der Waals surface area contributed by atoms with E-state index < -0.39 is 6.04 Å². The summed E-state index contributed by atoms with van der Waals surface area (Å²) in [6, 6.07) is 15.3. The Hall–Kier alpha value is -3.89. The predicted molar refractivity (Wildman–Crippen MR) is 162 cm³/mol. The zero-order valence-corrected chi connectivity index (χ0v) is 24.3. The Morgan fingerprint density at radius 1 is 1.07 bits per heavy atom. The summed E-state index contributed by atoms with van der Waals surface area (Å²) in [6.45, 7) is 7.41. The van der Waals surface area contributed by atoms with Gasteiger partial charge in [-0.2, -0.15) is 0 Å². The molecule has 3 N–H and O–H groups in total. The van der Waals surface area contributed by atoms with Gasteiger partial charge in [-0.3, -0.25) is 4.79 Å². The molecule has 0 radical (unpaired) electrons. The smallest absolute Gasteiger partial charge is 0.318 e. The monoisotopic (exact) mass is 559 g/mol. The van der Waals surface area contributed by atoms with Crippen LogP contribution < -0.4 is 15.5 Å². The summed E-state index contributed by atoms with van der Waals surface area (Å²) in [5.41, 5.74) is 5.29. The summed E-state index contributed by atoms with van der Waals surface area (Å²) in [5.74, 6) is -0.565. The highest BCUT2D eigenvalue weighted by molar-refractivity contribution is 7.13. The van der Waals surface area contributed by atoms with E-state index in [4.69, 9.17) is 0 Å². The quantitative estimate of drug-likeness (QED) is 0.292. The molecule has 1 fully saturated rings. The average molecular weight is 560 g/mol. The lowest BCUT2D eigenvalue weighted by Gasteiger charge is -2.37. The van der Waals surface area contributed by atoms with Crippen LogP contribution in [0.1, 0.15) is 29.7 Å². The van der Waals surface area contributed by atoms with Gasteiger partial charge in [-0.25, -0.2) is 9.78 Å². The van der Waals surface area contributed by atoms with Gasteiger partial charge in [0, 0.05) is 66.8 Å². The Morgan fingerprint density at radius 3 is 2.55 bits per heavy atom. The first-order valence-corrected chi connectivity index (χ1v) is 14.5. The Labute approximate surface area is 239 Å². The number of aromatic nitrogens is 2. The SMILES string of the molecule is Cc1ccccc1N1CCN(C(=O)N[C@@H](C(=O)Nc2nc(CN(C)C)cs2)[C@@H](C)c2c[nH]c3ccccc23)CC1. The standard InChI is InChI=1S/C30H37N7O2S/c1-20-9-5-8-12-26(20)36-13-15-37(16-14-36)30(39)33-27(21(2)24-17-31-25-11-7-6-10-23(24)25)28(38)34-29-32-22(19-40-29)18-35(3)4/h5-12,17,19,21,27,31H,13-16,18H2,1-4H3,(H,33,39)(H,32,34,38)/t21-,27+/m0/s1. The number of carbonyl (C=O) groups is 2. The number of H-pyrrole nitrogens is 1. The van der Waals surface area contributed by atoms with Gasteiger partial charge in [0.15, 0.2) is 5.13 Å². The molecule has 5 rings (SSSR count). The van der Waals surface area contributed by atoms with Crippen LogP contribution in [0, 0.1) is 6.92 Å². The lowest BCUT2D eigenvalue weighted by Crippen LogP contribution is -2.56. The number of aryl methyl sites for hydroxylation is 1. The molecule has 1 aliphatic heterocycles. The van der Waals surface area contributed by atoms with E-state index in [9.17, 15) is 9.59 Å². The van der Waals surface area contributed by atoms with Gasteiger partial charge in [-0.15, -0.1) is 11.3 Å². The molecule has 0 spiro atoms. The van der Waals surface area contributed by atoms with Gasteiger partial charge >= 0.3 is 6.03 Å². The molecule has 1 aliphatic rings. The zero-order chi connectivity index (χ0) is 28.2. The minimum Gasteiger partial charge on any atom is -0.368 e. The molecular weight excluding hydrogens is 522 g/mol. The topological polar surface area (TPSA) is 96.6 Å². The number of thiazole rings is 1. The molecule has 0 saturated carbocycles. The molecule has 3 amide bonds. The van der Waals surface area contributed by atoms with Crippen LogP contribution in [0.5, 0.6) is 0 Å². The fourth-order valence-corrected chi connectivity index (χ4v) is 6.01. The highest BCUT2D eigenvalue weighted by atomic mass is 32.1. The fraction of sp³-hybridized carbons (Fsp3) is 0.367. The zero-order valence-electron chi connectivity index (χ0n) is 23.5. The largest absolute Gasteiger partial charge is 0.368 e. The number of anilines is 2. The maximum absolute atomic E-state index is 13.7. The van der Waals surface area contributed by atoms with E-state index in [0.717, 1.165) is 35.2 Å². The van der Waals surface area contributed by atoms with Crippen molar-refractivity contribution in [2.24, 2.45) is 0 Å². The number of piperazine rings is 1. The molecule has 10 heteroatoms. The third-order valence-electron chi connectivity index (χ3n) is 7.46. The number of benzene rings is 2. The van der Waals surface area contributed by atoms with Gasteiger partial charge < -0.3 is 30.3 Å². The van der Waals surface area contributed by atoms with Crippen molar-refractivity contribution in [3.63, 3.8) is 0 Å². The van der Waals surface area contributed by atoms with E-state index in [2.05, 4.69) is 44.6 Å². The van der Waals surface area contributed by atoms with E-state index >= 15 is 0 Å². The number of carbonyl (C=O) groups excluding carboxylic acids is 2. The van der Waals surface area contributed by atoms with Crippen molar-refractivity contribution in [2.45, 2.75) is 32.4 Å². The number of hydrogen-bond acceptors (Lipinski definition) is 6. The normalized spacial score (nSPS) is 15.3. The van der Waals surface area contributed by atoms with Crippen LogP contribution in [0.4, 0.5) is 15.6 Å². The molecule has 2 aromatic carbocycles. The van der Waals surface area contributed by atoms with Gasteiger partial charge in [-0.1, -0.05) is 43.3 Å². The highest BCUT2D eigenvalue weighted by Gasteiger charge is 2.32. The van der Waals surface area contributed by atoms with Crippen molar-refractivity contribution in [2.75, 3.05) is 50.5 Å². The number of fused-ring (bicyclic) bond motifs is 1. The lowest BCUT2D eigenvalue weighted by molar-refractivity contribution is -0.118. The van der Waals surface area contributed by atoms with Crippen molar-refractivity contribution in [3.05, 3.63) is 76.9 Å². The van der Waals surface area contributed by atoms with Gasteiger partial charge in [0.25, 0.3) is 0 Å². The van der Waals surface area contributed by atoms with Crippen LogP contribution in [0.2, 0.25) is 0 Å². The molecule has 3 heterocycles.